The first-order chi connectivity index (χ1) is 36.0. The van der Waals surface area contributed by atoms with E-state index in [1.165, 1.54) is 295 Å². The minimum atomic E-state index is -0.849. The Hall–Kier alpha value is -1.66. The van der Waals surface area contributed by atoms with Crippen molar-refractivity contribution >= 4 is 11.9 Å². The normalized spacial score (nSPS) is 12.7. The third-order valence-corrected chi connectivity index (χ3v) is 15.5. The van der Waals surface area contributed by atoms with Gasteiger partial charge in [0.05, 0.1) is 25.4 Å². The number of carbonyl (C=O) groups excluding carboxylic acids is 2. The largest absolute Gasteiger partial charge is 0.466 e. The molecule has 0 bridgehead atoms. The van der Waals surface area contributed by atoms with Crippen molar-refractivity contribution in [1.29, 1.82) is 0 Å². The van der Waals surface area contributed by atoms with Crippen LogP contribution in [0, 0.1) is 0 Å². The molecule has 0 aromatic rings. The third kappa shape index (κ3) is 59.4. The predicted molar refractivity (Wildman–Crippen MR) is 320 cm³/mol. The highest BCUT2D eigenvalue weighted by molar-refractivity contribution is 5.76. The predicted octanol–water partition coefficient (Wildman–Crippen LogP) is 21.0. The van der Waals surface area contributed by atoms with Gasteiger partial charge in [-0.3, -0.25) is 9.59 Å². The van der Waals surface area contributed by atoms with Crippen molar-refractivity contribution in [2.75, 3.05) is 13.2 Å². The number of ether oxygens (including phenoxy) is 1. The first-order valence-corrected chi connectivity index (χ1v) is 33.1. The summed E-state index contributed by atoms with van der Waals surface area (Å²) in [6.45, 7) is 4.93. The Balaban J connectivity index is 3.44. The van der Waals surface area contributed by atoms with Gasteiger partial charge in [-0.2, -0.15) is 0 Å². The number of allylic oxidation sites excluding steroid dienone is 3. The number of rotatable bonds is 62. The van der Waals surface area contributed by atoms with Crippen LogP contribution in [0.2, 0.25) is 0 Å². The lowest BCUT2D eigenvalue weighted by molar-refractivity contribution is -0.143. The van der Waals surface area contributed by atoms with Gasteiger partial charge >= 0.3 is 5.97 Å². The van der Waals surface area contributed by atoms with Gasteiger partial charge in [0.1, 0.15) is 0 Å². The summed E-state index contributed by atoms with van der Waals surface area (Å²) in [4.78, 5) is 24.5. The van der Waals surface area contributed by atoms with E-state index in [-0.39, 0.29) is 18.5 Å². The number of aliphatic hydroxyl groups excluding tert-OH is 2. The zero-order chi connectivity index (χ0) is 52.9. The molecule has 1 amide bonds. The van der Waals surface area contributed by atoms with Gasteiger partial charge in [-0.25, -0.2) is 0 Å². The second-order valence-corrected chi connectivity index (χ2v) is 22.8. The summed E-state index contributed by atoms with van der Waals surface area (Å²) in [6.07, 6.45) is 78.0. The fraction of sp³-hybridized carbons (Fsp3) is 0.910. The molecule has 0 saturated heterocycles. The summed E-state index contributed by atoms with van der Waals surface area (Å²) in [5.74, 6) is -0.0579. The quantitative estimate of drug-likeness (QED) is 0.0320. The minimum Gasteiger partial charge on any atom is -0.466 e. The van der Waals surface area contributed by atoms with Gasteiger partial charge in [-0.05, 0) is 57.8 Å². The minimum absolute atomic E-state index is 0.0131. The van der Waals surface area contributed by atoms with Crippen LogP contribution in [0.4, 0.5) is 0 Å². The molecule has 0 saturated carbocycles. The van der Waals surface area contributed by atoms with Crippen molar-refractivity contribution < 1.29 is 24.5 Å². The summed E-state index contributed by atoms with van der Waals surface area (Å²) < 4.78 is 5.48. The van der Waals surface area contributed by atoms with Crippen molar-refractivity contribution in [1.82, 2.24) is 5.32 Å². The van der Waals surface area contributed by atoms with E-state index >= 15 is 0 Å². The smallest absolute Gasteiger partial charge is 0.305 e. The number of carbonyl (C=O) groups is 2. The van der Waals surface area contributed by atoms with Crippen molar-refractivity contribution in [3.05, 3.63) is 24.3 Å². The summed E-state index contributed by atoms with van der Waals surface area (Å²) in [5, 5.41) is 23.2. The molecule has 6 nitrogen and oxygen atoms in total. The number of aliphatic hydroxyl groups is 2. The van der Waals surface area contributed by atoms with Crippen LogP contribution in [0.25, 0.3) is 0 Å². The average molecular weight is 1030 g/mol. The lowest BCUT2D eigenvalue weighted by atomic mass is 10.0. The molecule has 0 aliphatic rings. The lowest BCUT2D eigenvalue weighted by Gasteiger charge is -2.20. The first-order valence-electron chi connectivity index (χ1n) is 33.1. The molecule has 0 aromatic carbocycles. The van der Waals surface area contributed by atoms with E-state index in [9.17, 15) is 19.8 Å². The number of unbranched alkanes of at least 4 members (excludes halogenated alkanes) is 49. The Bertz CT molecular complexity index is 1140. The number of nitrogens with one attached hydrogen (secondary N) is 1. The van der Waals surface area contributed by atoms with E-state index in [1.54, 1.807) is 6.08 Å². The Morgan fingerprint density at radius 2 is 0.644 bits per heavy atom. The molecule has 0 aliphatic carbocycles. The molecule has 0 radical (unpaired) electrons. The van der Waals surface area contributed by atoms with E-state index in [0.29, 0.717) is 19.4 Å². The molecule has 0 spiro atoms. The Morgan fingerprint density at radius 1 is 0.370 bits per heavy atom. The third-order valence-electron chi connectivity index (χ3n) is 15.5. The second-order valence-electron chi connectivity index (χ2n) is 22.8. The number of hydrogen-bond acceptors (Lipinski definition) is 5. The monoisotopic (exact) mass is 1030 g/mol. The molecule has 6 heteroatoms. The van der Waals surface area contributed by atoms with Gasteiger partial charge in [0.25, 0.3) is 0 Å². The van der Waals surface area contributed by atoms with Crippen LogP contribution >= 0.6 is 0 Å². The highest BCUT2D eigenvalue weighted by Gasteiger charge is 2.18. The van der Waals surface area contributed by atoms with Crippen LogP contribution in [0.1, 0.15) is 367 Å². The van der Waals surface area contributed by atoms with Crippen molar-refractivity contribution in [3.63, 3.8) is 0 Å². The van der Waals surface area contributed by atoms with E-state index in [1.807, 2.05) is 6.08 Å². The van der Waals surface area contributed by atoms with Crippen LogP contribution in [0.15, 0.2) is 24.3 Å². The lowest BCUT2D eigenvalue weighted by Crippen LogP contribution is -2.45. The van der Waals surface area contributed by atoms with Crippen LogP contribution in [0.5, 0.6) is 0 Å². The maximum atomic E-state index is 12.5. The molecule has 3 N–H and O–H groups in total. The Labute approximate surface area is 456 Å². The fourth-order valence-electron chi connectivity index (χ4n) is 10.4. The van der Waals surface area contributed by atoms with E-state index in [4.69, 9.17) is 4.74 Å². The zero-order valence-corrected chi connectivity index (χ0v) is 49.4. The summed E-state index contributed by atoms with van der Waals surface area (Å²) in [7, 11) is 0. The summed E-state index contributed by atoms with van der Waals surface area (Å²) in [6, 6.07) is -0.633. The molecule has 0 aromatic heterocycles. The van der Waals surface area contributed by atoms with Gasteiger partial charge in [0, 0.05) is 12.8 Å². The van der Waals surface area contributed by atoms with Crippen LogP contribution < -0.4 is 5.32 Å². The van der Waals surface area contributed by atoms with E-state index < -0.39 is 12.1 Å². The van der Waals surface area contributed by atoms with Gasteiger partial charge in [0.2, 0.25) is 5.91 Å². The first kappa shape index (κ1) is 71.3. The highest BCUT2D eigenvalue weighted by atomic mass is 16.5. The second kappa shape index (κ2) is 62.9. The zero-order valence-electron chi connectivity index (χ0n) is 49.4. The highest BCUT2D eigenvalue weighted by Crippen LogP contribution is 2.18. The Morgan fingerprint density at radius 3 is 0.973 bits per heavy atom. The van der Waals surface area contributed by atoms with Crippen molar-refractivity contribution in [3.8, 4) is 0 Å². The SMILES string of the molecule is CCCCCCCCCCCCCCCCCCCC/C=C/C(O)C(CO)NC(=O)CCCCCCCCC/C=C\CCCCCCCCCCCCCCOC(=O)CCCCCCCCCCCCCCC. The van der Waals surface area contributed by atoms with E-state index in [0.717, 1.165) is 44.9 Å². The van der Waals surface area contributed by atoms with Crippen LogP contribution in [-0.2, 0) is 14.3 Å². The van der Waals surface area contributed by atoms with Crippen molar-refractivity contribution in [2.45, 2.75) is 379 Å². The van der Waals surface area contributed by atoms with E-state index in [2.05, 4.69) is 31.3 Å². The summed E-state index contributed by atoms with van der Waals surface area (Å²) in [5.41, 5.74) is 0. The number of esters is 1. The molecule has 0 aliphatic heterocycles. The molecular weight excluding hydrogens is 899 g/mol. The summed E-state index contributed by atoms with van der Waals surface area (Å²) >= 11 is 0. The average Bonchev–Trinajstić information content (AvgIpc) is 3.39. The van der Waals surface area contributed by atoms with Crippen molar-refractivity contribution in [2.24, 2.45) is 0 Å². The molecule has 432 valence electrons. The maximum absolute atomic E-state index is 12.5. The Kier molecular flexibility index (Phi) is 61.4. The molecule has 0 rings (SSSR count). The molecule has 0 heterocycles. The van der Waals surface area contributed by atoms with Gasteiger partial charge in [0.15, 0.2) is 0 Å². The maximum Gasteiger partial charge on any atom is 0.305 e. The van der Waals surface area contributed by atoms with Gasteiger partial charge in [-0.1, -0.05) is 321 Å². The van der Waals surface area contributed by atoms with Crippen LogP contribution in [0.3, 0.4) is 0 Å². The van der Waals surface area contributed by atoms with Gasteiger partial charge in [-0.15, -0.1) is 0 Å². The molecule has 2 unspecified atom stereocenters. The van der Waals surface area contributed by atoms with Gasteiger partial charge < -0.3 is 20.3 Å². The molecule has 2 atom stereocenters. The fourth-order valence-corrected chi connectivity index (χ4v) is 10.4. The van der Waals surface area contributed by atoms with Crippen LogP contribution in [-0.4, -0.2) is 47.4 Å². The topological polar surface area (TPSA) is 95.9 Å². The molecule has 0 fully saturated rings. The molecular formula is C67H129NO5. The number of amides is 1. The standard InChI is InChI=1S/C67H129NO5/c1-3-5-7-9-11-13-15-17-18-19-20-26-29-32-36-39-43-47-51-55-59-65(70)64(63-69)68-66(71)60-56-52-48-44-40-37-33-30-27-24-22-21-23-25-28-31-34-38-42-46-50-54-58-62-73-67(72)61-57-53-49-45-41-35-16-14-12-10-8-6-4-2/h24,27,55,59,64-65,69-70H,3-23,25-26,28-54,56-58,60-63H2,1-2H3,(H,68,71)/b27-24-,59-55+. The molecule has 73 heavy (non-hydrogen) atoms. The number of hydrogen-bond donors (Lipinski definition) is 3.